The third-order valence-corrected chi connectivity index (χ3v) is 4.78. The number of hydrogen-bond donors (Lipinski definition) is 2. The number of halogens is 1. The van der Waals surface area contributed by atoms with Gasteiger partial charge in [0.1, 0.15) is 5.82 Å². The fourth-order valence-corrected chi connectivity index (χ4v) is 3.54. The first-order valence-corrected chi connectivity index (χ1v) is 7.74. The Labute approximate surface area is 127 Å². The highest BCUT2D eigenvalue weighted by atomic mass is 32.1. The number of rotatable bonds is 4. The number of hydrogen-bond acceptors (Lipinski definition) is 3. The van der Waals surface area contributed by atoms with Crippen LogP contribution in [0, 0.1) is 12.7 Å². The van der Waals surface area contributed by atoms with E-state index in [0.29, 0.717) is 5.56 Å². The number of nitrogens with one attached hydrogen (secondary N) is 1. The molecule has 2 aromatic carbocycles. The van der Waals surface area contributed by atoms with Gasteiger partial charge >= 0.3 is 0 Å². The Morgan fingerprint density at radius 3 is 2.81 bits per heavy atom. The summed E-state index contributed by atoms with van der Waals surface area (Å²) in [5, 5.41) is 3.44. The van der Waals surface area contributed by atoms with Crippen LogP contribution in [-0.2, 0) is 6.42 Å². The highest BCUT2D eigenvalue weighted by Gasteiger charge is 2.14. The smallest absolute Gasteiger partial charge is 0.126 e. The van der Waals surface area contributed by atoms with Crippen LogP contribution >= 0.6 is 11.3 Å². The molecule has 21 heavy (non-hydrogen) atoms. The summed E-state index contributed by atoms with van der Waals surface area (Å²) in [5.74, 6) is 5.53. The van der Waals surface area contributed by atoms with Crippen molar-refractivity contribution in [2.45, 2.75) is 19.4 Å². The van der Waals surface area contributed by atoms with Crippen molar-refractivity contribution in [1.29, 1.82) is 0 Å². The molecule has 3 rings (SSSR count). The molecule has 1 unspecified atom stereocenters. The molecule has 3 aromatic rings. The third kappa shape index (κ3) is 2.83. The quantitative estimate of drug-likeness (QED) is 0.562. The number of nitrogens with two attached hydrogens (primary N) is 1. The van der Waals surface area contributed by atoms with Crippen LogP contribution in [-0.4, -0.2) is 0 Å². The summed E-state index contributed by atoms with van der Waals surface area (Å²) in [6, 6.07) is 13.5. The minimum atomic E-state index is -0.185. The Kier molecular flexibility index (Phi) is 4.01. The highest BCUT2D eigenvalue weighted by Crippen LogP contribution is 2.29. The summed E-state index contributed by atoms with van der Waals surface area (Å²) in [4.78, 5) is 0. The second kappa shape index (κ2) is 5.93. The largest absolute Gasteiger partial charge is 0.271 e. The summed E-state index contributed by atoms with van der Waals surface area (Å²) in [7, 11) is 0. The predicted molar refractivity (Wildman–Crippen MR) is 86.7 cm³/mol. The Balaban J connectivity index is 1.92. The van der Waals surface area contributed by atoms with Gasteiger partial charge in [-0.15, -0.1) is 11.3 Å². The van der Waals surface area contributed by atoms with Crippen molar-refractivity contribution in [3.05, 3.63) is 70.4 Å². The van der Waals surface area contributed by atoms with Gasteiger partial charge < -0.3 is 0 Å². The zero-order chi connectivity index (χ0) is 14.8. The molecule has 1 aromatic heterocycles. The first-order valence-electron chi connectivity index (χ1n) is 6.86. The highest BCUT2D eigenvalue weighted by molar-refractivity contribution is 7.17. The van der Waals surface area contributed by atoms with Gasteiger partial charge in [0.25, 0.3) is 0 Å². The summed E-state index contributed by atoms with van der Waals surface area (Å²) in [5.41, 5.74) is 5.76. The van der Waals surface area contributed by atoms with Crippen LogP contribution in [0.15, 0.2) is 47.8 Å². The number of thiophene rings is 1. The lowest BCUT2D eigenvalue weighted by Crippen LogP contribution is -2.29. The Morgan fingerprint density at radius 1 is 1.24 bits per heavy atom. The Morgan fingerprint density at radius 2 is 2.05 bits per heavy atom. The van der Waals surface area contributed by atoms with E-state index < -0.39 is 0 Å². The molecule has 0 spiro atoms. The topological polar surface area (TPSA) is 38.0 Å². The molecule has 0 aliphatic carbocycles. The molecule has 1 atom stereocenters. The van der Waals surface area contributed by atoms with Gasteiger partial charge in [0, 0.05) is 4.70 Å². The standard InChI is InChI=1S/C17H17FN2S/c1-11-8-12(6-7-15(11)18)16(20-19)9-13-10-21-17-5-3-2-4-14(13)17/h2-8,10,16,20H,9,19H2,1H3. The van der Waals surface area contributed by atoms with E-state index in [1.807, 2.05) is 18.2 Å². The molecule has 2 nitrogen and oxygen atoms in total. The molecule has 1 heterocycles. The molecule has 0 bridgehead atoms. The van der Waals surface area contributed by atoms with Gasteiger partial charge in [0.15, 0.2) is 0 Å². The van der Waals surface area contributed by atoms with Gasteiger partial charge in [-0.1, -0.05) is 30.3 Å². The summed E-state index contributed by atoms with van der Waals surface area (Å²) >= 11 is 1.74. The lowest BCUT2D eigenvalue weighted by Gasteiger charge is -2.17. The second-order valence-electron chi connectivity index (χ2n) is 5.19. The van der Waals surface area contributed by atoms with Crippen LogP contribution in [0.3, 0.4) is 0 Å². The third-order valence-electron chi connectivity index (χ3n) is 3.77. The number of hydrazine groups is 1. The zero-order valence-electron chi connectivity index (χ0n) is 11.8. The van der Waals surface area contributed by atoms with Gasteiger partial charge in [-0.3, -0.25) is 11.3 Å². The lowest BCUT2D eigenvalue weighted by molar-refractivity contribution is 0.550. The molecular weight excluding hydrogens is 283 g/mol. The van der Waals surface area contributed by atoms with E-state index >= 15 is 0 Å². The first-order chi connectivity index (χ1) is 10.2. The summed E-state index contributed by atoms with van der Waals surface area (Å²) < 4.78 is 14.7. The lowest BCUT2D eigenvalue weighted by atomic mass is 9.97. The van der Waals surface area contributed by atoms with Crippen LogP contribution in [0.4, 0.5) is 4.39 Å². The molecule has 0 radical (unpaired) electrons. The molecule has 0 aliphatic rings. The van der Waals surface area contributed by atoms with Gasteiger partial charge in [-0.05, 0) is 52.9 Å². The molecule has 4 heteroatoms. The SMILES string of the molecule is Cc1cc(C(Cc2csc3ccccc23)NN)ccc1F. The van der Waals surface area contributed by atoms with Crippen LogP contribution in [0.2, 0.25) is 0 Å². The van der Waals surface area contributed by atoms with Crippen LogP contribution in [0.1, 0.15) is 22.7 Å². The van der Waals surface area contributed by atoms with Crippen molar-refractivity contribution in [2.24, 2.45) is 5.84 Å². The molecule has 0 saturated carbocycles. The van der Waals surface area contributed by atoms with Crippen LogP contribution in [0.25, 0.3) is 10.1 Å². The van der Waals surface area contributed by atoms with E-state index in [-0.39, 0.29) is 11.9 Å². The van der Waals surface area contributed by atoms with Crippen molar-refractivity contribution in [3.8, 4) is 0 Å². The zero-order valence-corrected chi connectivity index (χ0v) is 12.6. The summed E-state index contributed by atoms with van der Waals surface area (Å²) in [6.07, 6.45) is 0.783. The Bertz CT molecular complexity index is 766. The van der Waals surface area contributed by atoms with Gasteiger partial charge in [-0.2, -0.15) is 0 Å². The maximum atomic E-state index is 13.4. The molecule has 0 fully saturated rings. The van der Waals surface area contributed by atoms with Crippen molar-refractivity contribution >= 4 is 21.4 Å². The predicted octanol–water partition coefficient (Wildman–Crippen LogP) is 4.10. The average molecular weight is 300 g/mol. The van der Waals surface area contributed by atoms with Crippen molar-refractivity contribution in [1.82, 2.24) is 5.43 Å². The second-order valence-corrected chi connectivity index (χ2v) is 6.10. The first kappa shape index (κ1) is 14.2. The monoisotopic (exact) mass is 300 g/mol. The molecule has 0 amide bonds. The fraction of sp³-hybridized carbons (Fsp3) is 0.176. The molecule has 3 N–H and O–H groups in total. The van der Waals surface area contributed by atoms with E-state index in [1.54, 1.807) is 24.3 Å². The van der Waals surface area contributed by atoms with Crippen LogP contribution in [0.5, 0.6) is 0 Å². The van der Waals surface area contributed by atoms with E-state index in [4.69, 9.17) is 5.84 Å². The maximum Gasteiger partial charge on any atom is 0.126 e. The van der Waals surface area contributed by atoms with Crippen molar-refractivity contribution < 1.29 is 4.39 Å². The number of benzene rings is 2. The summed E-state index contributed by atoms with van der Waals surface area (Å²) in [6.45, 7) is 1.77. The Hall–Kier alpha value is -1.75. The van der Waals surface area contributed by atoms with Crippen LogP contribution < -0.4 is 11.3 Å². The molecular formula is C17H17FN2S. The minimum Gasteiger partial charge on any atom is -0.271 e. The molecule has 0 saturated heterocycles. The van der Waals surface area contributed by atoms with Gasteiger partial charge in [0.2, 0.25) is 0 Å². The van der Waals surface area contributed by atoms with E-state index in [1.165, 1.54) is 21.7 Å². The van der Waals surface area contributed by atoms with Crippen molar-refractivity contribution in [2.75, 3.05) is 0 Å². The van der Waals surface area contributed by atoms with E-state index in [2.05, 4.69) is 22.9 Å². The fourth-order valence-electron chi connectivity index (χ4n) is 2.57. The maximum absolute atomic E-state index is 13.4. The number of fused-ring (bicyclic) bond motifs is 1. The molecule has 108 valence electrons. The minimum absolute atomic E-state index is 0.0256. The average Bonchev–Trinajstić information content (AvgIpc) is 2.91. The van der Waals surface area contributed by atoms with E-state index in [0.717, 1.165) is 12.0 Å². The number of aryl methyl sites for hydroxylation is 1. The van der Waals surface area contributed by atoms with Gasteiger partial charge in [0.05, 0.1) is 6.04 Å². The van der Waals surface area contributed by atoms with Crippen molar-refractivity contribution in [3.63, 3.8) is 0 Å². The van der Waals surface area contributed by atoms with Gasteiger partial charge in [-0.25, -0.2) is 4.39 Å². The normalized spacial score (nSPS) is 12.7. The van der Waals surface area contributed by atoms with E-state index in [9.17, 15) is 4.39 Å². The molecule has 0 aliphatic heterocycles.